The van der Waals surface area contributed by atoms with Crippen molar-refractivity contribution in [3.8, 4) is 57.0 Å². The van der Waals surface area contributed by atoms with Crippen LogP contribution in [-0.4, -0.2) is 47.2 Å². The van der Waals surface area contributed by atoms with E-state index in [1.807, 2.05) is 0 Å². The summed E-state index contributed by atoms with van der Waals surface area (Å²) in [6, 6.07) is 4.10. The maximum absolute atomic E-state index is 5.81. The van der Waals surface area contributed by atoms with E-state index >= 15 is 0 Å². The van der Waals surface area contributed by atoms with Crippen LogP contribution in [0.4, 0.5) is 0 Å². The van der Waals surface area contributed by atoms with Gasteiger partial charge in [0.25, 0.3) is 0 Å². The first kappa shape index (κ1) is 23.9. The van der Waals surface area contributed by atoms with E-state index in [-0.39, 0.29) is 12.4 Å². The van der Waals surface area contributed by atoms with Gasteiger partial charge in [0.15, 0.2) is 34.4 Å². The molecule has 0 amide bonds. The molecular weight excluding hydrogens is 460 g/mol. The van der Waals surface area contributed by atoms with Crippen molar-refractivity contribution >= 4 is 0 Å². The molecule has 3 heterocycles. The van der Waals surface area contributed by atoms with E-state index in [0.29, 0.717) is 23.0 Å². The number of imidazole rings is 1. The van der Waals surface area contributed by atoms with Crippen molar-refractivity contribution in [3.63, 3.8) is 0 Å². The Hall–Kier alpha value is -3.26. The van der Waals surface area contributed by atoms with Crippen molar-refractivity contribution in [3.05, 3.63) is 29.6 Å². The second-order valence-corrected chi connectivity index (χ2v) is 8.04. The van der Waals surface area contributed by atoms with Crippen molar-refractivity contribution < 1.29 is 45.4 Å². The van der Waals surface area contributed by atoms with Gasteiger partial charge in [-0.25, -0.2) is 9.13 Å². The van der Waals surface area contributed by atoms with Gasteiger partial charge in [-0.15, -0.1) is 0 Å². The number of benzene rings is 2. The number of hydrogen-bond acceptors (Lipinski definition) is 6. The fraction of sp³-hybridized carbons (Fsp3) is 0.400. The molecule has 3 aromatic rings. The third-order valence-corrected chi connectivity index (χ3v) is 6.66. The Morgan fingerprint density at radius 1 is 0.676 bits per heavy atom. The molecule has 1 aromatic heterocycles. The minimum absolute atomic E-state index is 0. The van der Waals surface area contributed by atoms with Gasteiger partial charge in [0.05, 0.1) is 55.7 Å². The van der Waals surface area contributed by atoms with E-state index in [2.05, 4.69) is 27.6 Å². The number of halogens is 1. The Morgan fingerprint density at radius 3 is 1.74 bits per heavy atom. The largest absolute Gasteiger partial charge is 1.00 e. The molecule has 2 aliphatic heterocycles. The van der Waals surface area contributed by atoms with E-state index in [0.717, 1.165) is 71.1 Å². The predicted octanol–water partition coefficient (Wildman–Crippen LogP) is 0.277. The molecule has 0 bridgehead atoms. The summed E-state index contributed by atoms with van der Waals surface area (Å²) < 4.78 is 38.9. The lowest BCUT2D eigenvalue weighted by Crippen LogP contribution is -3.00. The summed E-state index contributed by atoms with van der Waals surface area (Å²) in [6.45, 7) is 1.68. The van der Waals surface area contributed by atoms with E-state index in [1.165, 1.54) is 0 Å². The number of ether oxygens (including phenoxy) is 6. The molecule has 0 spiro atoms. The van der Waals surface area contributed by atoms with E-state index in [4.69, 9.17) is 28.4 Å². The van der Waals surface area contributed by atoms with Gasteiger partial charge in [-0.1, -0.05) is 0 Å². The van der Waals surface area contributed by atoms with Gasteiger partial charge < -0.3 is 40.8 Å². The van der Waals surface area contributed by atoms with E-state index < -0.39 is 0 Å². The number of rotatable bonds is 6. The van der Waals surface area contributed by atoms with Gasteiger partial charge in [0.1, 0.15) is 0 Å². The number of nitrogens with zero attached hydrogens (tertiary/aromatic N) is 2. The van der Waals surface area contributed by atoms with Crippen LogP contribution in [0.3, 0.4) is 0 Å². The summed E-state index contributed by atoms with van der Waals surface area (Å²) >= 11 is 0. The van der Waals surface area contributed by atoms with Crippen LogP contribution in [0.5, 0.6) is 34.5 Å². The second kappa shape index (κ2) is 9.18. The molecule has 0 N–H and O–H groups in total. The Morgan fingerprint density at radius 2 is 1.21 bits per heavy atom. The molecule has 0 aliphatic carbocycles. The molecule has 2 aromatic carbocycles. The van der Waals surface area contributed by atoms with Crippen molar-refractivity contribution in [2.45, 2.75) is 25.9 Å². The summed E-state index contributed by atoms with van der Waals surface area (Å²) in [5.74, 6) is 3.96. The number of aryl methyl sites for hydroxylation is 2. The number of methoxy groups -OCH3 is 6. The molecular formula is C25H29ClN2O6. The molecule has 34 heavy (non-hydrogen) atoms. The lowest BCUT2D eigenvalue weighted by Gasteiger charge is -2.24. The van der Waals surface area contributed by atoms with Crippen LogP contribution in [0.25, 0.3) is 22.5 Å². The first-order valence-corrected chi connectivity index (χ1v) is 10.9. The first-order chi connectivity index (χ1) is 16.1. The highest BCUT2D eigenvalue weighted by molar-refractivity contribution is 5.86. The molecule has 182 valence electrons. The van der Waals surface area contributed by atoms with Crippen LogP contribution in [0.2, 0.25) is 0 Å². The Balaban J connectivity index is 0.00000274. The van der Waals surface area contributed by atoms with Gasteiger partial charge >= 0.3 is 0 Å². The zero-order valence-corrected chi connectivity index (χ0v) is 21.0. The molecule has 0 saturated carbocycles. The minimum atomic E-state index is 0. The molecule has 0 radical (unpaired) electrons. The molecule has 9 heteroatoms. The van der Waals surface area contributed by atoms with Crippen LogP contribution < -0.4 is 45.4 Å². The maximum Gasteiger partial charge on any atom is 0.244 e. The topological polar surface area (TPSA) is 64.2 Å². The van der Waals surface area contributed by atoms with Crippen molar-refractivity contribution in [2.24, 2.45) is 0 Å². The zero-order chi connectivity index (χ0) is 23.3. The predicted molar refractivity (Wildman–Crippen MR) is 122 cm³/mol. The lowest BCUT2D eigenvalue weighted by atomic mass is 9.90. The molecule has 8 nitrogen and oxygen atoms in total. The van der Waals surface area contributed by atoms with Crippen LogP contribution in [-0.2, 0) is 25.9 Å². The Kier molecular flexibility index (Phi) is 6.45. The summed E-state index contributed by atoms with van der Waals surface area (Å²) in [5, 5.41) is 0. The summed E-state index contributed by atoms with van der Waals surface area (Å²) in [6.07, 6.45) is 3.87. The van der Waals surface area contributed by atoms with E-state index in [1.54, 1.807) is 42.7 Å². The van der Waals surface area contributed by atoms with Gasteiger partial charge in [0.2, 0.25) is 17.8 Å². The molecule has 5 rings (SSSR count). The van der Waals surface area contributed by atoms with Gasteiger partial charge in [-0.05, 0) is 12.1 Å². The van der Waals surface area contributed by atoms with Crippen molar-refractivity contribution in [1.82, 2.24) is 4.57 Å². The van der Waals surface area contributed by atoms with Crippen LogP contribution in [0.1, 0.15) is 11.1 Å². The average molecular weight is 489 g/mol. The summed E-state index contributed by atoms with van der Waals surface area (Å²) in [4.78, 5) is 0. The van der Waals surface area contributed by atoms with Gasteiger partial charge in [-0.3, -0.25) is 0 Å². The number of fused-ring (bicyclic) bond motifs is 7. The van der Waals surface area contributed by atoms with E-state index in [9.17, 15) is 0 Å². The summed E-state index contributed by atoms with van der Waals surface area (Å²) in [7, 11) is 9.91. The highest BCUT2D eigenvalue weighted by Crippen LogP contribution is 2.51. The SMILES string of the molecule is COc1cc2c(c(OC)c1OC)CCn1c[n+]3c(c1-2)-c1cc(OC)c(OC)c(OC)c1CC3.[Cl-]. The fourth-order valence-corrected chi connectivity index (χ4v) is 5.27. The average Bonchev–Trinajstić information content (AvgIpc) is 3.25. The highest BCUT2D eigenvalue weighted by atomic mass is 35.5. The van der Waals surface area contributed by atoms with Crippen molar-refractivity contribution in [2.75, 3.05) is 42.7 Å². The lowest BCUT2D eigenvalue weighted by molar-refractivity contribution is -0.687. The molecule has 0 unspecified atom stereocenters. The monoisotopic (exact) mass is 488 g/mol. The third-order valence-electron chi connectivity index (χ3n) is 6.66. The first-order valence-electron chi connectivity index (χ1n) is 10.9. The summed E-state index contributed by atoms with van der Waals surface area (Å²) in [5.41, 5.74) is 6.61. The number of aromatic nitrogens is 2. The van der Waals surface area contributed by atoms with Gasteiger partial charge in [0, 0.05) is 35.1 Å². The Labute approximate surface area is 205 Å². The molecule has 0 fully saturated rings. The quantitative estimate of drug-likeness (QED) is 0.464. The van der Waals surface area contributed by atoms with Crippen molar-refractivity contribution in [1.29, 1.82) is 0 Å². The molecule has 0 atom stereocenters. The number of hydrogen-bond donors (Lipinski definition) is 0. The standard InChI is InChI=1S/C25H29N2O6.ClH/c1-28-18-11-16-14(22(30-3)24(18)32-5)7-9-26-13-27-10-8-15-17(21(27)20(16)26)12-19(29-2)25(33-6)23(15)31-4;/h11-13H,7-10H2,1-6H3;1H/q+1;/p-1. The second-order valence-electron chi connectivity index (χ2n) is 8.04. The van der Waals surface area contributed by atoms with Gasteiger partial charge in [-0.2, -0.15) is 0 Å². The smallest absolute Gasteiger partial charge is 0.244 e. The fourth-order valence-electron chi connectivity index (χ4n) is 5.27. The maximum atomic E-state index is 5.81. The minimum Gasteiger partial charge on any atom is -1.00 e. The van der Waals surface area contributed by atoms with Crippen LogP contribution in [0.15, 0.2) is 18.5 Å². The Bertz CT molecular complexity index is 1160. The molecule has 0 saturated heterocycles. The van der Waals surface area contributed by atoms with Crippen LogP contribution in [0, 0.1) is 0 Å². The highest BCUT2D eigenvalue weighted by Gasteiger charge is 2.38. The molecule has 2 aliphatic rings. The third kappa shape index (κ3) is 3.23. The normalized spacial score (nSPS) is 12.9. The zero-order valence-electron chi connectivity index (χ0n) is 20.3. The van der Waals surface area contributed by atoms with Crippen LogP contribution >= 0.6 is 0 Å².